The molecule has 1 aliphatic rings. The minimum Gasteiger partial charge on any atom is -0.367 e. The van der Waals surface area contributed by atoms with E-state index in [-0.39, 0.29) is 17.1 Å². The zero-order valence-electron chi connectivity index (χ0n) is 15.0. The first-order chi connectivity index (χ1) is 13.3. The van der Waals surface area contributed by atoms with Gasteiger partial charge in [-0.2, -0.15) is 18.3 Å². The summed E-state index contributed by atoms with van der Waals surface area (Å²) in [6, 6.07) is 5.60. The summed E-state index contributed by atoms with van der Waals surface area (Å²) in [7, 11) is 1.82. The maximum absolute atomic E-state index is 13.4. The van der Waals surface area contributed by atoms with Crippen molar-refractivity contribution in [2.24, 2.45) is 7.05 Å². The fraction of sp³-hybridized carbons (Fsp3) is 0.263. The second-order valence-electron chi connectivity index (χ2n) is 6.64. The summed E-state index contributed by atoms with van der Waals surface area (Å²) in [5.41, 5.74) is 1.96. The average Bonchev–Trinajstić information content (AvgIpc) is 3.07. The molecule has 0 amide bonds. The normalized spacial score (nSPS) is 14.0. The third-order valence-electron chi connectivity index (χ3n) is 4.65. The largest absolute Gasteiger partial charge is 0.416 e. The molecule has 0 radical (unpaired) electrons. The van der Waals surface area contributed by atoms with Crippen LogP contribution in [0.3, 0.4) is 0 Å². The number of hydrogen-bond acceptors (Lipinski definition) is 4. The molecule has 1 aliphatic heterocycles. The van der Waals surface area contributed by atoms with Crippen LogP contribution < -0.4 is 10.2 Å². The summed E-state index contributed by atoms with van der Waals surface area (Å²) in [6.07, 6.45) is 0.880. The van der Waals surface area contributed by atoms with Crippen LogP contribution in [0.1, 0.15) is 11.1 Å². The van der Waals surface area contributed by atoms with E-state index in [1.807, 2.05) is 24.2 Å². The van der Waals surface area contributed by atoms with E-state index < -0.39 is 11.7 Å². The van der Waals surface area contributed by atoms with Crippen LogP contribution in [0.25, 0.3) is 11.1 Å². The second-order valence-corrected chi connectivity index (χ2v) is 7.08. The third-order valence-corrected chi connectivity index (χ3v) is 4.89. The number of pyridine rings is 1. The molecule has 0 spiro atoms. The summed E-state index contributed by atoms with van der Waals surface area (Å²) >= 11 is 5.97. The molecule has 3 heterocycles. The summed E-state index contributed by atoms with van der Waals surface area (Å²) in [5, 5.41) is 7.64. The van der Waals surface area contributed by atoms with Crippen LogP contribution in [-0.4, -0.2) is 27.9 Å². The van der Waals surface area contributed by atoms with Crippen molar-refractivity contribution in [3.05, 3.63) is 59.0 Å². The first-order valence-corrected chi connectivity index (χ1v) is 9.02. The van der Waals surface area contributed by atoms with Crippen molar-refractivity contribution in [1.29, 1.82) is 0 Å². The molecule has 9 heteroatoms. The summed E-state index contributed by atoms with van der Waals surface area (Å²) in [4.78, 5) is 6.34. The Bertz CT molecular complexity index is 1020. The lowest BCUT2D eigenvalue weighted by Crippen LogP contribution is -2.34. The number of aryl methyl sites for hydroxylation is 1. The maximum Gasteiger partial charge on any atom is 0.416 e. The van der Waals surface area contributed by atoms with Gasteiger partial charge in [0.15, 0.2) is 0 Å². The van der Waals surface area contributed by atoms with Gasteiger partial charge in [-0.1, -0.05) is 11.6 Å². The predicted octanol–water partition coefficient (Wildman–Crippen LogP) is 4.59. The first-order valence-electron chi connectivity index (χ1n) is 8.65. The number of nitrogens with one attached hydrogen (secondary N) is 1. The van der Waals surface area contributed by atoms with Crippen molar-refractivity contribution in [2.75, 3.05) is 23.3 Å². The van der Waals surface area contributed by atoms with Crippen molar-refractivity contribution in [2.45, 2.75) is 12.7 Å². The molecule has 1 N–H and O–H groups in total. The molecule has 2 aromatic heterocycles. The lowest BCUT2D eigenvalue weighted by atomic mass is 10.1. The molecule has 4 rings (SSSR count). The monoisotopic (exact) mass is 407 g/mol. The number of hydrogen-bond donors (Lipinski definition) is 1. The maximum atomic E-state index is 13.4. The minimum atomic E-state index is -4.44. The standard InChI is InChI=1S/C19H17ClF3N5/c1-27-10-14(9-26-27)12-7-17-18(25-8-12)24-4-5-28(17)11-13-6-15(20)2-3-16(13)19(21,22)23/h2-3,6-10H,4-5,11H2,1H3,(H,24,25). The van der Waals surface area contributed by atoms with Crippen LogP contribution in [0.15, 0.2) is 42.9 Å². The smallest absolute Gasteiger partial charge is 0.367 e. The Labute approximate surface area is 164 Å². The minimum absolute atomic E-state index is 0.0856. The van der Waals surface area contributed by atoms with Crippen molar-refractivity contribution in [1.82, 2.24) is 14.8 Å². The molecule has 0 aliphatic carbocycles. The van der Waals surface area contributed by atoms with E-state index in [1.165, 1.54) is 12.1 Å². The van der Waals surface area contributed by atoms with Gasteiger partial charge in [0.25, 0.3) is 0 Å². The molecule has 0 fully saturated rings. The first kappa shape index (κ1) is 18.6. The van der Waals surface area contributed by atoms with E-state index in [1.54, 1.807) is 17.1 Å². The highest BCUT2D eigenvalue weighted by atomic mass is 35.5. The number of halogens is 4. The topological polar surface area (TPSA) is 46.0 Å². The predicted molar refractivity (Wildman–Crippen MR) is 102 cm³/mol. The fourth-order valence-corrected chi connectivity index (χ4v) is 3.52. The average molecular weight is 408 g/mol. The van der Waals surface area contributed by atoms with Crippen LogP contribution in [0.2, 0.25) is 5.02 Å². The van der Waals surface area contributed by atoms with Crippen LogP contribution >= 0.6 is 11.6 Å². The Kier molecular flexibility index (Phi) is 4.66. The lowest BCUT2D eigenvalue weighted by Gasteiger charge is -2.32. The van der Waals surface area contributed by atoms with Crippen LogP contribution in [0, 0.1) is 0 Å². The zero-order chi connectivity index (χ0) is 19.9. The number of aromatic nitrogens is 3. The fourth-order valence-electron chi connectivity index (χ4n) is 3.33. The second kappa shape index (κ2) is 7.01. The Morgan fingerprint density at radius 1 is 1.18 bits per heavy atom. The van der Waals surface area contributed by atoms with Crippen molar-refractivity contribution < 1.29 is 13.2 Å². The van der Waals surface area contributed by atoms with Gasteiger partial charge in [0, 0.05) is 55.2 Å². The summed E-state index contributed by atoms with van der Waals surface area (Å²) in [6.45, 7) is 1.23. The van der Waals surface area contributed by atoms with E-state index in [4.69, 9.17) is 11.6 Å². The number of fused-ring (bicyclic) bond motifs is 1. The van der Waals surface area contributed by atoms with Gasteiger partial charge in [-0.3, -0.25) is 4.68 Å². The molecule has 28 heavy (non-hydrogen) atoms. The molecule has 1 aromatic carbocycles. The van der Waals surface area contributed by atoms with E-state index in [0.717, 1.165) is 22.9 Å². The highest BCUT2D eigenvalue weighted by Gasteiger charge is 2.34. The third kappa shape index (κ3) is 3.64. The highest BCUT2D eigenvalue weighted by Crippen LogP contribution is 2.37. The van der Waals surface area contributed by atoms with Gasteiger partial charge in [0.2, 0.25) is 0 Å². The highest BCUT2D eigenvalue weighted by molar-refractivity contribution is 6.30. The van der Waals surface area contributed by atoms with E-state index >= 15 is 0 Å². The molecule has 146 valence electrons. The molecule has 0 bridgehead atoms. The molecular weight excluding hydrogens is 391 g/mol. The van der Waals surface area contributed by atoms with E-state index in [0.29, 0.717) is 18.9 Å². The summed E-state index contributed by atoms with van der Waals surface area (Å²) in [5.74, 6) is 0.648. The van der Waals surface area contributed by atoms with E-state index in [2.05, 4.69) is 15.4 Å². The van der Waals surface area contributed by atoms with Gasteiger partial charge in [-0.15, -0.1) is 0 Å². The molecular formula is C19H17ClF3N5. The SMILES string of the molecule is Cn1cc(-c2cnc3c(c2)N(Cc2cc(Cl)ccc2C(F)(F)F)CCN3)cn1. The Hall–Kier alpha value is -2.74. The van der Waals surface area contributed by atoms with Gasteiger partial charge < -0.3 is 10.2 Å². The Morgan fingerprint density at radius 3 is 2.71 bits per heavy atom. The molecule has 3 aromatic rings. The van der Waals surface area contributed by atoms with Gasteiger partial charge >= 0.3 is 6.18 Å². The van der Waals surface area contributed by atoms with Crippen LogP contribution in [-0.2, 0) is 19.8 Å². The van der Waals surface area contributed by atoms with E-state index in [9.17, 15) is 13.2 Å². The van der Waals surface area contributed by atoms with Gasteiger partial charge in [0.1, 0.15) is 5.82 Å². The Morgan fingerprint density at radius 2 is 2.00 bits per heavy atom. The molecule has 0 atom stereocenters. The quantitative estimate of drug-likeness (QED) is 0.690. The number of benzene rings is 1. The summed E-state index contributed by atoms with van der Waals surface area (Å²) < 4.78 is 42.0. The molecule has 5 nitrogen and oxygen atoms in total. The van der Waals surface area contributed by atoms with Gasteiger partial charge in [-0.05, 0) is 29.8 Å². The number of alkyl halides is 3. The molecule has 0 saturated heterocycles. The van der Waals surface area contributed by atoms with Crippen LogP contribution in [0.5, 0.6) is 0 Å². The van der Waals surface area contributed by atoms with Crippen molar-refractivity contribution in [3.8, 4) is 11.1 Å². The van der Waals surface area contributed by atoms with Gasteiger partial charge in [0.05, 0.1) is 17.4 Å². The zero-order valence-corrected chi connectivity index (χ0v) is 15.7. The lowest BCUT2D eigenvalue weighted by molar-refractivity contribution is -0.138. The van der Waals surface area contributed by atoms with Gasteiger partial charge in [-0.25, -0.2) is 4.98 Å². The number of anilines is 2. The Balaban J connectivity index is 1.71. The molecule has 0 saturated carbocycles. The van der Waals surface area contributed by atoms with Crippen molar-refractivity contribution in [3.63, 3.8) is 0 Å². The number of nitrogens with zero attached hydrogens (tertiary/aromatic N) is 4. The van der Waals surface area contributed by atoms with Crippen LogP contribution in [0.4, 0.5) is 24.7 Å². The number of rotatable bonds is 3. The van der Waals surface area contributed by atoms with Crippen molar-refractivity contribution >= 4 is 23.1 Å². The molecule has 0 unspecified atom stereocenters.